The molecule has 0 fully saturated rings. The number of hydrogen-bond donors (Lipinski definition) is 36. The molecule has 38 N–H and O–H groups in total. The molecule has 0 heterocycles. The van der Waals surface area contributed by atoms with Gasteiger partial charge in [0.1, 0.15) is 0 Å². The number of hydrogen-bond acceptors (Lipinski definition) is 36. The predicted octanol–water partition coefficient (Wildman–Crippen LogP) is -28.3. The molecule has 0 rings (SSSR count). The van der Waals surface area contributed by atoms with Crippen LogP contribution in [-0.2, 0) is 0 Å². The summed E-state index contributed by atoms with van der Waals surface area (Å²) in [6, 6.07) is 0. The molecule has 0 atom stereocenters. The number of rotatable bonds is 0. The van der Waals surface area contributed by atoms with Crippen LogP contribution >= 0.6 is 0 Å². The van der Waals surface area contributed by atoms with Gasteiger partial charge in [-0.15, -0.1) is 0 Å². The molecule has 0 aliphatic carbocycles. The molecule has 50 heavy (non-hydrogen) atoms. The molecule has 50 heteroatoms. The monoisotopic (exact) mass is 802 g/mol. The first-order chi connectivity index (χ1) is 20.8. The fourth-order valence-electron chi connectivity index (χ4n) is 0. The third-order valence-electron chi connectivity index (χ3n) is 0. The maximum atomic E-state index is 7.17. The van der Waals surface area contributed by atoms with Gasteiger partial charge in [-0.25, -0.2) is 0 Å². The molecule has 0 saturated carbocycles. The van der Waals surface area contributed by atoms with Gasteiger partial charge in [0.25, 0.3) is 0 Å². The zero-order valence-corrected chi connectivity index (χ0v) is 27.7. The van der Waals surface area contributed by atoms with E-state index in [-0.39, 0.29) is 58.3 Å². The fourth-order valence-corrected chi connectivity index (χ4v) is 0. The zero-order chi connectivity index (χ0) is 42.9. The van der Waals surface area contributed by atoms with E-state index in [1.807, 2.05) is 0 Å². The second kappa shape index (κ2) is 87.7. The summed E-state index contributed by atoms with van der Waals surface area (Å²) in [7, 11) is -26.0. The molecule has 0 aromatic carbocycles. The maximum Gasteiger partial charge on any atom is 1.00 e. The quantitative estimate of drug-likeness (QED) is 0.101. The minimum absolute atomic E-state index is 0. The van der Waals surface area contributed by atoms with Crippen molar-refractivity contribution < 1.29 is 239 Å². The van der Waals surface area contributed by atoms with Crippen molar-refractivity contribution in [2.45, 2.75) is 0 Å². The van der Waals surface area contributed by atoms with Crippen molar-refractivity contribution in [1.29, 1.82) is 0 Å². The topological polar surface area (TPSA) is 760 Å². The first-order valence-corrected chi connectivity index (χ1v) is 9.30. The molecule has 298 valence electrons. The smallest absolute Gasteiger partial charge is 1.00 e. The van der Waals surface area contributed by atoms with Gasteiger partial charge >= 0.3 is 139 Å². The van der Waals surface area contributed by atoms with Gasteiger partial charge in [-0.2, -0.15) is 0 Å². The SMILES string of the molecule is O.OB(O)O.OB(O)O.OB(O)O.OB(O)O.OB(O)O.OB(O)O.OB(O)O.OB(O)O.OB(O)O.OB(O)O.OB(O)O.OB(O)O.[H-].[K+]. The second-order valence-electron chi connectivity index (χ2n) is 4.16. The maximum absolute atomic E-state index is 7.17. The van der Waals surface area contributed by atoms with Crippen LogP contribution in [0.3, 0.4) is 0 Å². The standard InChI is InChI=1S/12BH3O3.K.H2O.H/c12*2-1(3)4;;;/h12*2-4H;;1H2;/q;;;;;;;;;;;;+1;;-1. The average Bonchev–Trinajstić information content (AvgIpc) is 2.61. The molecule has 0 spiro atoms. The summed E-state index contributed by atoms with van der Waals surface area (Å²) in [6.45, 7) is 0. The Kier molecular flexibility index (Phi) is 163. The first kappa shape index (κ1) is 93.1. The van der Waals surface area contributed by atoms with Gasteiger partial charge in [0.15, 0.2) is 0 Å². The first-order valence-electron chi connectivity index (χ1n) is 9.30. The third kappa shape index (κ3) is 128000. The van der Waals surface area contributed by atoms with Crippen LogP contribution in [0.2, 0.25) is 0 Å². The molecule has 0 radical (unpaired) electrons. The fraction of sp³-hybridized carbons (Fsp3) is 0. The molecule has 0 aromatic rings. The van der Waals surface area contributed by atoms with Crippen LogP contribution in [0.1, 0.15) is 1.43 Å². The van der Waals surface area contributed by atoms with Crippen LogP contribution < -0.4 is 51.4 Å². The summed E-state index contributed by atoms with van der Waals surface area (Å²) in [6.07, 6.45) is 0. The van der Waals surface area contributed by atoms with Crippen LogP contribution in [0.5, 0.6) is 0 Å². The van der Waals surface area contributed by atoms with E-state index in [1.165, 1.54) is 0 Å². The minimum Gasteiger partial charge on any atom is -1.00 e. The van der Waals surface area contributed by atoms with Crippen molar-refractivity contribution in [3.8, 4) is 0 Å². The molecule has 0 amide bonds. The summed E-state index contributed by atoms with van der Waals surface area (Å²) < 4.78 is 0. The van der Waals surface area contributed by atoms with Crippen LogP contribution in [-0.4, -0.2) is 274 Å². The van der Waals surface area contributed by atoms with Crippen molar-refractivity contribution in [3.63, 3.8) is 0 Å². The molecule has 0 aliphatic heterocycles. The van der Waals surface area contributed by atoms with Crippen LogP contribution in [0.25, 0.3) is 0 Å². The summed E-state index contributed by atoms with van der Waals surface area (Å²) in [5.41, 5.74) is 0. The zero-order valence-electron chi connectivity index (χ0n) is 25.5. The predicted molar refractivity (Wildman–Crippen MR) is 154 cm³/mol. The Labute approximate surface area is 325 Å². The molecule has 0 aliphatic rings. The van der Waals surface area contributed by atoms with Crippen molar-refractivity contribution in [2.75, 3.05) is 0 Å². The Morgan fingerprint density at radius 1 is 0.140 bits per heavy atom. The Balaban J connectivity index is -0.0000000212. The minimum atomic E-state index is -2.17. The Morgan fingerprint density at radius 3 is 0.140 bits per heavy atom. The van der Waals surface area contributed by atoms with E-state index in [0.29, 0.717) is 0 Å². The molecular formula is H39B12KO37. The van der Waals surface area contributed by atoms with Gasteiger partial charge in [-0.05, 0) is 0 Å². The Morgan fingerprint density at radius 2 is 0.140 bits per heavy atom. The van der Waals surface area contributed by atoms with E-state index in [0.717, 1.165) is 0 Å². The molecule has 0 saturated heterocycles. The Bertz CT molecular complexity index is 240. The van der Waals surface area contributed by atoms with E-state index in [4.69, 9.17) is 181 Å². The second-order valence-corrected chi connectivity index (χ2v) is 4.16. The van der Waals surface area contributed by atoms with Crippen molar-refractivity contribution in [3.05, 3.63) is 0 Å². The van der Waals surface area contributed by atoms with Gasteiger partial charge in [0.2, 0.25) is 0 Å². The van der Waals surface area contributed by atoms with Gasteiger partial charge in [0.05, 0.1) is 0 Å². The Hall–Kier alpha value is 0.936. The average molecular weight is 800 g/mol. The van der Waals surface area contributed by atoms with Gasteiger partial charge in [0, 0.05) is 0 Å². The normalized spacial score (nSPS) is 6.48. The summed E-state index contributed by atoms with van der Waals surface area (Å²) >= 11 is 0. The van der Waals surface area contributed by atoms with Crippen molar-refractivity contribution in [2.24, 2.45) is 0 Å². The van der Waals surface area contributed by atoms with Gasteiger partial charge in [-0.1, -0.05) is 0 Å². The van der Waals surface area contributed by atoms with Crippen LogP contribution in [0.4, 0.5) is 0 Å². The van der Waals surface area contributed by atoms with E-state index in [1.54, 1.807) is 0 Å². The molecule has 0 bridgehead atoms. The van der Waals surface area contributed by atoms with Crippen molar-refractivity contribution >= 4 is 87.9 Å². The van der Waals surface area contributed by atoms with E-state index >= 15 is 0 Å². The summed E-state index contributed by atoms with van der Waals surface area (Å²) in [5.74, 6) is 0. The van der Waals surface area contributed by atoms with E-state index < -0.39 is 87.9 Å². The van der Waals surface area contributed by atoms with Gasteiger partial charge in [-0.3, -0.25) is 0 Å². The van der Waals surface area contributed by atoms with Crippen molar-refractivity contribution in [1.82, 2.24) is 0 Å². The molecule has 37 nitrogen and oxygen atoms in total. The summed E-state index contributed by atoms with van der Waals surface area (Å²) in [4.78, 5) is 0. The summed E-state index contributed by atoms with van der Waals surface area (Å²) in [5, 5.41) is 258. The van der Waals surface area contributed by atoms with Crippen LogP contribution in [0.15, 0.2) is 0 Å². The molecule has 0 unspecified atom stereocenters. The van der Waals surface area contributed by atoms with E-state index in [2.05, 4.69) is 0 Å². The van der Waals surface area contributed by atoms with E-state index in [9.17, 15) is 0 Å². The van der Waals surface area contributed by atoms with Crippen LogP contribution in [0, 0.1) is 0 Å². The van der Waals surface area contributed by atoms with Gasteiger partial charge < -0.3 is 188 Å². The molecular weight excluding hydrogens is 761 g/mol. The largest absolute Gasteiger partial charge is 1.00 e. The third-order valence-corrected chi connectivity index (χ3v) is 0. The molecule has 0 aromatic heterocycles.